The van der Waals surface area contributed by atoms with Crippen LogP contribution in [0.1, 0.15) is 49.9 Å². The van der Waals surface area contributed by atoms with Crippen molar-refractivity contribution in [1.29, 1.82) is 0 Å². The van der Waals surface area contributed by atoms with Gasteiger partial charge in [-0.05, 0) is 104 Å². The number of hydrogen-bond donors (Lipinski definition) is 0. The summed E-state index contributed by atoms with van der Waals surface area (Å²) in [5.74, 6) is 0.711. The van der Waals surface area contributed by atoms with Gasteiger partial charge in [-0.2, -0.15) is 0 Å². The summed E-state index contributed by atoms with van der Waals surface area (Å²) in [5.41, 5.74) is 21.2. The van der Waals surface area contributed by atoms with Crippen LogP contribution in [-0.4, -0.2) is 14.5 Å². The van der Waals surface area contributed by atoms with Crippen molar-refractivity contribution in [3.8, 4) is 73.0 Å². The third-order valence-electron chi connectivity index (χ3n) is 13.6. The summed E-state index contributed by atoms with van der Waals surface area (Å²) >= 11 is 0. The van der Waals surface area contributed by atoms with Crippen LogP contribution in [0.15, 0.2) is 188 Å². The summed E-state index contributed by atoms with van der Waals surface area (Å²) in [7, 11) is 0. The summed E-state index contributed by atoms with van der Waals surface area (Å²) in [4.78, 5) is 10.8. The van der Waals surface area contributed by atoms with E-state index < -0.39 is 0 Å². The van der Waals surface area contributed by atoms with Crippen LogP contribution >= 0.6 is 0 Å². The van der Waals surface area contributed by atoms with Crippen molar-refractivity contribution in [2.24, 2.45) is 0 Å². The minimum absolute atomic E-state index is 0.118. The zero-order valence-electron chi connectivity index (χ0n) is 34.7. The molecule has 8 aromatic carbocycles. The Hall–Kier alpha value is -7.36. The van der Waals surface area contributed by atoms with Gasteiger partial charge in [0.25, 0.3) is 0 Å². The molecule has 0 aliphatic heterocycles. The fraction of sp³-hybridized carbons (Fsp3) is 0.103. The second kappa shape index (κ2) is 13.1. The van der Waals surface area contributed by atoms with Crippen LogP contribution in [0.5, 0.6) is 0 Å². The van der Waals surface area contributed by atoms with Crippen molar-refractivity contribution in [3.63, 3.8) is 0 Å². The highest BCUT2D eigenvalue weighted by Crippen LogP contribution is 2.51. The highest BCUT2D eigenvalue weighted by Gasteiger charge is 2.37. The number of nitrogens with zero attached hydrogens (tertiary/aromatic N) is 3. The van der Waals surface area contributed by atoms with Crippen molar-refractivity contribution >= 4 is 21.8 Å². The lowest BCUT2D eigenvalue weighted by molar-refractivity contribution is 0.660. The first-order chi connectivity index (χ1) is 29.7. The molecule has 2 heterocycles. The van der Waals surface area contributed by atoms with Gasteiger partial charge in [-0.1, -0.05) is 167 Å². The topological polar surface area (TPSA) is 30.7 Å². The fourth-order valence-corrected chi connectivity index (χ4v) is 10.4. The zero-order valence-corrected chi connectivity index (χ0v) is 34.7. The predicted molar refractivity (Wildman–Crippen MR) is 253 cm³/mol. The Balaban J connectivity index is 0.975. The van der Waals surface area contributed by atoms with Gasteiger partial charge in [0.15, 0.2) is 5.82 Å². The highest BCUT2D eigenvalue weighted by atomic mass is 15.0. The highest BCUT2D eigenvalue weighted by molar-refractivity contribution is 6.09. The SMILES string of the molecule is CC1(C)c2ccccc2-c2ccc(-c3cc(-c4ccc5c(c4)C(C)(C)c4ccccc4-5)nc(-c4cccc(-c5ccc(-n6c7ccccc7c7ccccc76)cc5)c4)n3)cc21. The molecular weight excluding hydrogens is 739 g/mol. The second-order valence-electron chi connectivity index (χ2n) is 17.8. The summed E-state index contributed by atoms with van der Waals surface area (Å²) in [6, 6.07) is 68.6. The zero-order chi connectivity index (χ0) is 41.0. The van der Waals surface area contributed by atoms with Gasteiger partial charge in [0, 0.05) is 44.0 Å². The van der Waals surface area contributed by atoms with Crippen molar-refractivity contribution < 1.29 is 0 Å². The van der Waals surface area contributed by atoms with Crippen molar-refractivity contribution in [1.82, 2.24) is 14.5 Å². The monoisotopic (exact) mass is 781 g/mol. The largest absolute Gasteiger partial charge is 0.309 e. The van der Waals surface area contributed by atoms with Crippen LogP contribution in [0.25, 0.3) is 94.8 Å². The maximum atomic E-state index is 5.38. The van der Waals surface area contributed by atoms with E-state index in [-0.39, 0.29) is 10.8 Å². The van der Waals surface area contributed by atoms with Crippen LogP contribution < -0.4 is 0 Å². The van der Waals surface area contributed by atoms with Crippen LogP contribution in [0.3, 0.4) is 0 Å². The first-order valence-corrected chi connectivity index (χ1v) is 21.3. The van der Waals surface area contributed by atoms with E-state index in [9.17, 15) is 0 Å². The molecule has 0 radical (unpaired) electrons. The molecule has 0 fully saturated rings. The Morgan fingerprint density at radius 3 is 1.36 bits per heavy atom. The quantitative estimate of drug-likeness (QED) is 0.174. The Morgan fingerprint density at radius 1 is 0.344 bits per heavy atom. The number of hydrogen-bond acceptors (Lipinski definition) is 2. The number of aromatic nitrogens is 3. The average Bonchev–Trinajstić information content (AvgIpc) is 3.85. The smallest absolute Gasteiger partial charge is 0.160 e. The molecular formula is C58H43N3. The molecule has 10 aromatic rings. The van der Waals surface area contributed by atoms with E-state index in [0.29, 0.717) is 5.82 Å². The molecule has 290 valence electrons. The molecule has 3 nitrogen and oxygen atoms in total. The van der Waals surface area contributed by atoms with Gasteiger partial charge in [-0.15, -0.1) is 0 Å². The Kier molecular flexibility index (Phi) is 7.62. The summed E-state index contributed by atoms with van der Waals surface area (Å²) in [5, 5.41) is 2.53. The second-order valence-corrected chi connectivity index (χ2v) is 17.8. The summed E-state index contributed by atoms with van der Waals surface area (Å²) in [6.07, 6.45) is 0. The maximum absolute atomic E-state index is 5.38. The van der Waals surface area contributed by atoms with Gasteiger partial charge in [-0.25, -0.2) is 9.97 Å². The molecule has 2 aliphatic carbocycles. The van der Waals surface area contributed by atoms with Gasteiger partial charge >= 0.3 is 0 Å². The molecule has 0 saturated heterocycles. The van der Waals surface area contributed by atoms with Gasteiger partial charge in [0.1, 0.15) is 0 Å². The number of para-hydroxylation sites is 2. The third kappa shape index (κ3) is 5.36. The first-order valence-electron chi connectivity index (χ1n) is 21.3. The first kappa shape index (κ1) is 35.6. The molecule has 0 bridgehead atoms. The molecule has 12 rings (SSSR count). The third-order valence-corrected chi connectivity index (χ3v) is 13.6. The Bertz CT molecular complexity index is 3240. The van der Waals surface area contributed by atoms with Gasteiger partial charge < -0.3 is 4.57 Å². The van der Waals surface area contributed by atoms with E-state index in [1.807, 2.05) is 0 Å². The van der Waals surface area contributed by atoms with Crippen molar-refractivity contribution in [3.05, 3.63) is 210 Å². The molecule has 0 spiro atoms. The number of rotatable bonds is 5. The average molecular weight is 782 g/mol. The van der Waals surface area contributed by atoms with E-state index in [0.717, 1.165) is 44.9 Å². The Labute approximate surface area is 356 Å². The molecule has 3 heteroatoms. The number of benzene rings is 8. The van der Waals surface area contributed by atoms with E-state index in [1.54, 1.807) is 0 Å². The summed E-state index contributed by atoms with van der Waals surface area (Å²) < 4.78 is 2.36. The van der Waals surface area contributed by atoms with Crippen molar-refractivity contribution in [2.45, 2.75) is 38.5 Å². The molecule has 0 amide bonds. The lowest BCUT2D eigenvalue weighted by Crippen LogP contribution is -2.15. The molecule has 0 N–H and O–H groups in total. The van der Waals surface area contributed by atoms with Crippen LogP contribution in [0.2, 0.25) is 0 Å². The van der Waals surface area contributed by atoms with Crippen LogP contribution in [0, 0.1) is 0 Å². The van der Waals surface area contributed by atoms with Gasteiger partial charge in [-0.3, -0.25) is 0 Å². The molecule has 0 unspecified atom stereocenters. The molecule has 0 atom stereocenters. The lowest BCUT2D eigenvalue weighted by atomic mass is 9.81. The molecule has 0 saturated carbocycles. The van der Waals surface area contributed by atoms with Crippen molar-refractivity contribution in [2.75, 3.05) is 0 Å². The molecule has 2 aromatic heterocycles. The molecule has 61 heavy (non-hydrogen) atoms. The summed E-state index contributed by atoms with van der Waals surface area (Å²) in [6.45, 7) is 9.35. The van der Waals surface area contributed by atoms with E-state index in [2.05, 4.69) is 220 Å². The van der Waals surface area contributed by atoms with Crippen LogP contribution in [-0.2, 0) is 10.8 Å². The maximum Gasteiger partial charge on any atom is 0.160 e. The van der Waals surface area contributed by atoms with E-state index in [1.165, 1.54) is 66.3 Å². The molecule has 2 aliphatic rings. The van der Waals surface area contributed by atoms with Gasteiger partial charge in [0.05, 0.1) is 22.4 Å². The van der Waals surface area contributed by atoms with E-state index in [4.69, 9.17) is 9.97 Å². The lowest BCUT2D eigenvalue weighted by Gasteiger charge is -2.22. The van der Waals surface area contributed by atoms with Crippen LogP contribution in [0.4, 0.5) is 0 Å². The minimum Gasteiger partial charge on any atom is -0.309 e. The van der Waals surface area contributed by atoms with Gasteiger partial charge in [0.2, 0.25) is 0 Å². The standard InChI is InChI=1S/C58H43N3/c1-57(2)48-20-9-5-16-42(48)44-30-26-38(33-50(44)57)52-35-53(39-27-31-45-43-17-6-10-21-49(43)58(3,4)51(45)34-39)60-56(59-52)40-15-13-14-37(32-40)36-24-28-41(29-25-36)61-54-22-11-7-18-46(54)47-19-8-12-23-55(47)61/h5-35H,1-4H3. The normalized spacial score (nSPS) is 14.2. The fourth-order valence-electron chi connectivity index (χ4n) is 10.4. The Morgan fingerprint density at radius 2 is 0.803 bits per heavy atom. The van der Waals surface area contributed by atoms with E-state index >= 15 is 0 Å². The predicted octanol–water partition coefficient (Wildman–Crippen LogP) is 14.9. The number of fused-ring (bicyclic) bond motifs is 9. The minimum atomic E-state index is -0.118.